The second kappa shape index (κ2) is 31.6. The molecule has 2 atom stereocenters. The maximum absolute atomic E-state index is 13.6. The molecule has 1 fully saturated rings. The third kappa shape index (κ3) is 32.1. The van der Waals surface area contributed by atoms with Crippen LogP contribution in [0.2, 0.25) is 0 Å². The van der Waals surface area contributed by atoms with Crippen molar-refractivity contribution in [1.82, 2.24) is 35.6 Å². The summed E-state index contributed by atoms with van der Waals surface area (Å²) in [5, 5.41) is 18.3. The van der Waals surface area contributed by atoms with Gasteiger partial charge in [-0.2, -0.15) is 0 Å². The number of benzene rings is 1. The number of ether oxygens (including phenoxy) is 4. The first-order chi connectivity index (χ1) is 34.2. The largest absolute Gasteiger partial charge is 0.480 e. The highest BCUT2D eigenvalue weighted by Gasteiger charge is 2.29. The Balaban J connectivity index is 2.13. The predicted octanol–water partition coefficient (Wildman–Crippen LogP) is 4.32. The van der Waals surface area contributed by atoms with Crippen LogP contribution < -0.4 is 16.0 Å². The minimum Gasteiger partial charge on any atom is -0.480 e. The Morgan fingerprint density at radius 1 is 0.514 bits per heavy atom. The quantitative estimate of drug-likeness (QED) is 0.0488. The summed E-state index contributed by atoms with van der Waals surface area (Å²) < 4.78 is 23.4. The zero-order chi connectivity index (χ0) is 55.9. The lowest BCUT2D eigenvalue weighted by atomic mass is 10.1. The van der Waals surface area contributed by atoms with Gasteiger partial charge < -0.3 is 40.0 Å². The molecule has 1 aliphatic heterocycles. The van der Waals surface area contributed by atoms with E-state index in [0.29, 0.717) is 78.0 Å². The second-order valence-corrected chi connectivity index (χ2v) is 24.1. The molecule has 21 heteroatoms. The van der Waals surface area contributed by atoms with Crippen LogP contribution in [0.4, 0.5) is 0 Å². The van der Waals surface area contributed by atoms with Crippen molar-refractivity contribution in [2.24, 2.45) is 0 Å². The number of aliphatic carboxylic acids is 1. The number of carboxylic acids is 1. The number of nitrogens with zero attached hydrogens (tertiary/aromatic N) is 4. The van der Waals surface area contributed by atoms with E-state index < -0.39 is 76.1 Å². The zero-order valence-corrected chi connectivity index (χ0v) is 48.5. The second-order valence-electron chi connectivity index (χ2n) is 22.8. The van der Waals surface area contributed by atoms with Crippen LogP contribution >= 0.6 is 22.6 Å². The third-order valence-corrected chi connectivity index (χ3v) is 11.7. The number of carbonyl (C=O) groups is 8. The third-order valence-electron chi connectivity index (χ3n) is 11.0. The lowest BCUT2D eigenvalue weighted by molar-refractivity contribution is -0.158. The van der Waals surface area contributed by atoms with Gasteiger partial charge in [-0.15, -0.1) is 0 Å². The van der Waals surface area contributed by atoms with Crippen LogP contribution in [0.3, 0.4) is 0 Å². The van der Waals surface area contributed by atoms with Gasteiger partial charge in [0.1, 0.15) is 34.5 Å². The molecule has 3 amide bonds. The topological polar surface area (TPSA) is 243 Å². The van der Waals surface area contributed by atoms with Gasteiger partial charge in [-0.05, 0) is 162 Å². The monoisotopic (exact) mass is 1160 g/mol. The lowest BCUT2D eigenvalue weighted by Gasteiger charge is -2.34. The normalized spacial score (nSPS) is 16.1. The minimum absolute atomic E-state index is 0.00309. The summed E-state index contributed by atoms with van der Waals surface area (Å²) in [6.45, 7) is 24.6. The number of halogens is 1. The van der Waals surface area contributed by atoms with E-state index in [1.54, 1.807) is 83.1 Å². The van der Waals surface area contributed by atoms with E-state index in [4.69, 9.17) is 18.9 Å². The maximum Gasteiger partial charge on any atom is 0.326 e. The molecule has 0 radical (unpaired) electrons. The summed E-state index contributed by atoms with van der Waals surface area (Å²) in [7, 11) is 0. The van der Waals surface area contributed by atoms with Gasteiger partial charge in [-0.1, -0.05) is 12.1 Å². The van der Waals surface area contributed by atoms with Crippen LogP contribution in [0, 0.1) is 3.57 Å². The van der Waals surface area contributed by atoms with Crippen LogP contribution in [0.15, 0.2) is 24.3 Å². The molecule has 0 saturated carbocycles. The van der Waals surface area contributed by atoms with Crippen molar-refractivity contribution in [3.8, 4) is 0 Å². The van der Waals surface area contributed by atoms with Crippen LogP contribution in [-0.4, -0.2) is 192 Å². The van der Waals surface area contributed by atoms with Crippen LogP contribution in [0.25, 0.3) is 0 Å². The maximum atomic E-state index is 13.6. The van der Waals surface area contributed by atoms with Gasteiger partial charge >= 0.3 is 29.8 Å². The summed E-state index contributed by atoms with van der Waals surface area (Å²) in [6, 6.07) is 5.44. The summed E-state index contributed by atoms with van der Waals surface area (Å²) in [4.78, 5) is 112. The SMILES string of the molecule is CC(C)(C)OC(=O)CCC(NC(=O)CCCc1ccc(I)cc1)C(=O)NC(CCCCNC(=O)CN1CCN(CC(=O)OC(C)(C)C)CCN(CC(=O)OC(C)(C)C)CCN(CC(=O)OC(C)(C)C)CC1)C(=O)O. The highest BCUT2D eigenvalue weighted by molar-refractivity contribution is 14.1. The molecule has 2 rings (SSSR count). The van der Waals surface area contributed by atoms with E-state index in [2.05, 4.69) is 38.5 Å². The number of aryl methyl sites for hydroxylation is 1. The molecular weight excluding hydrogens is 1070 g/mol. The number of carbonyl (C=O) groups excluding carboxylic acids is 7. The van der Waals surface area contributed by atoms with Gasteiger partial charge in [0.2, 0.25) is 17.7 Å². The number of rotatable bonds is 24. The number of hydrogen-bond donors (Lipinski definition) is 4. The molecule has 1 aromatic rings. The van der Waals surface area contributed by atoms with Crippen molar-refractivity contribution in [1.29, 1.82) is 0 Å². The molecule has 1 aromatic carbocycles. The average molecular weight is 1160 g/mol. The van der Waals surface area contributed by atoms with E-state index in [9.17, 15) is 43.5 Å². The standard InChI is InChI=1S/C53H88IN7O13/c1-50(2,3)71-44(64)24-23-40(56-42(62)18-15-16-38-19-21-39(54)22-20-38)48(68)57-41(49(69)70)17-13-14-25-55-43(63)34-58-26-28-59(35-45(65)72-51(4,5)6)30-32-61(37-47(67)74-53(10,11)12)33-31-60(29-27-58)36-46(66)73-52(7,8)9/h19-22,40-41H,13-18,23-37H2,1-12H3,(H,55,63)(H,56,62)(H,57,68)(H,69,70). The molecular formula is C53H88IN7O13. The van der Waals surface area contributed by atoms with Crippen molar-refractivity contribution >= 4 is 70.2 Å². The first-order valence-corrected chi connectivity index (χ1v) is 26.9. The molecule has 1 aliphatic rings. The van der Waals surface area contributed by atoms with Crippen LogP contribution in [-0.2, 0) is 63.7 Å². The number of unbranched alkanes of at least 4 members (excludes halogenated alkanes) is 1. The Morgan fingerprint density at radius 2 is 0.919 bits per heavy atom. The highest BCUT2D eigenvalue weighted by atomic mass is 127. The molecule has 0 aliphatic carbocycles. The van der Waals surface area contributed by atoms with Gasteiger partial charge in [0, 0.05) is 75.3 Å². The van der Waals surface area contributed by atoms with Gasteiger partial charge in [-0.3, -0.25) is 53.2 Å². The Bertz CT molecular complexity index is 1930. The highest BCUT2D eigenvalue weighted by Crippen LogP contribution is 2.15. The first kappa shape index (κ1) is 65.7. The summed E-state index contributed by atoms with van der Waals surface area (Å²) in [6.07, 6.45) is 1.73. The fourth-order valence-electron chi connectivity index (χ4n) is 7.66. The molecule has 1 saturated heterocycles. The zero-order valence-electron chi connectivity index (χ0n) is 46.3. The Labute approximate surface area is 453 Å². The number of esters is 4. The molecule has 2 unspecified atom stereocenters. The molecule has 420 valence electrons. The van der Waals surface area contributed by atoms with Crippen molar-refractivity contribution in [3.05, 3.63) is 33.4 Å². The average Bonchev–Trinajstić information content (AvgIpc) is 3.23. The van der Waals surface area contributed by atoms with E-state index >= 15 is 0 Å². The predicted molar refractivity (Wildman–Crippen MR) is 289 cm³/mol. The molecule has 74 heavy (non-hydrogen) atoms. The Morgan fingerprint density at radius 3 is 1.32 bits per heavy atom. The molecule has 20 nitrogen and oxygen atoms in total. The van der Waals surface area contributed by atoms with E-state index in [1.807, 2.05) is 43.9 Å². The van der Waals surface area contributed by atoms with Crippen molar-refractivity contribution < 1.29 is 62.4 Å². The first-order valence-electron chi connectivity index (χ1n) is 25.8. The number of amides is 3. The molecule has 4 N–H and O–H groups in total. The van der Waals surface area contributed by atoms with Crippen molar-refractivity contribution in [3.63, 3.8) is 0 Å². The Hall–Kier alpha value is -4.45. The summed E-state index contributed by atoms with van der Waals surface area (Å²) in [5.74, 6) is -4.49. The van der Waals surface area contributed by atoms with Crippen LogP contribution in [0.5, 0.6) is 0 Å². The van der Waals surface area contributed by atoms with E-state index in [1.165, 1.54) is 0 Å². The van der Waals surface area contributed by atoms with Crippen LogP contribution in [0.1, 0.15) is 134 Å². The molecule has 0 spiro atoms. The van der Waals surface area contributed by atoms with Crippen molar-refractivity contribution in [2.45, 2.75) is 169 Å². The number of hydrogen-bond acceptors (Lipinski definition) is 16. The number of carboxylic acid groups (broad SMARTS) is 1. The summed E-state index contributed by atoms with van der Waals surface area (Å²) >= 11 is 2.22. The lowest BCUT2D eigenvalue weighted by Crippen LogP contribution is -2.51. The van der Waals surface area contributed by atoms with Gasteiger partial charge in [0.25, 0.3) is 0 Å². The number of nitrogens with one attached hydrogen (secondary N) is 3. The molecule has 0 aromatic heterocycles. The molecule has 0 bridgehead atoms. The Kier molecular flexibility index (Phi) is 28.0. The smallest absolute Gasteiger partial charge is 0.326 e. The minimum atomic E-state index is -1.31. The summed E-state index contributed by atoms with van der Waals surface area (Å²) in [5.41, 5.74) is -1.79. The van der Waals surface area contributed by atoms with Gasteiger partial charge in [0.15, 0.2) is 0 Å². The van der Waals surface area contributed by atoms with E-state index in [-0.39, 0.29) is 64.3 Å². The fourth-order valence-corrected chi connectivity index (χ4v) is 8.02. The van der Waals surface area contributed by atoms with E-state index in [0.717, 1.165) is 9.13 Å². The fraction of sp³-hybridized carbons (Fsp3) is 0.736. The van der Waals surface area contributed by atoms with Gasteiger partial charge in [0.05, 0.1) is 26.2 Å². The van der Waals surface area contributed by atoms with Gasteiger partial charge in [-0.25, -0.2) is 4.79 Å². The van der Waals surface area contributed by atoms with Crippen molar-refractivity contribution in [2.75, 3.05) is 85.1 Å². The molecule has 1 heterocycles.